The summed E-state index contributed by atoms with van der Waals surface area (Å²) >= 11 is 0. The Balaban J connectivity index is 2.95. The molecule has 1 atom stereocenters. The minimum atomic E-state index is -0.529. The highest BCUT2D eigenvalue weighted by Crippen LogP contribution is 2.24. The third kappa shape index (κ3) is 3.70. The van der Waals surface area contributed by atoms with E-state index < -0.39 is 4.92 Å². The molecule has 1 rings (SSSR count). The fourth-order valence-corrected chi connectivity index (χ4v) is 1.76. The summed E-state index contributed by atoms with van der Waals surface area (Å²) in [6.07, 6.45) is 2.22. The zero-order valence-electron chi connectivity index (χ0n) is 10.7. The number of aromatic nitrogens is 1. The van der Waals surface area contributed by atoms with Crippen LogP contribution in [0.3, 0.4) is 0 Å². The third-order valence-electron chi connectivity index (χ3n) is 2.40. The first-order valence-electron chi connectivity index (χ1n) is 5.75. The summed E-state index contributed by atoms with van der Waals surface area (Å²) in [5.74, 6) is 0.706. The molecule has 0 aromatic carbocycles. The Morgan fingerprint density at radius 3 is 2.72 bits per heavy atom. The molecule has 1 aromatic heterocycles. The number of anilines is 1. The van der Waals surface area contributed by atoms with Gasteiger partial charge in [-0.25, -0.2) is 4.98 Å². The number of hydrogen-bond acceptors (Lipinski definition) is 5. The lowest BCUT2D eigenvalue weighted by atomic mass is 10.1. The normalized spacial score (nSPS) is 11.9. The third-order valence-corrected chi connectivity index (χ3v) is 2.40. The van der Waals surface area contributed by atoms with Crippen molar-refractivity contribution in [3.63, 3.8) is 0 Å². The van der Waals surface area contributed by atoms with Gasteiger partial charge in [-0.05, 0) is 19.3 Å². The zero-order chi connectivity index (χ0) is 13.7. The van der Waals surface area contributed by atoms with Crippen molar-refractivity contribution >= 4 is 11.5 Å². The van der Waals surface area contributed by atoms with Crippen LogP contribution in [0.1, 0.15) is 32.8 Å². The first-order valence-corrected chi connectivity index (χ1v) is 5.75. The van der Waals surface area contributed by atoms with Gasteiger partial charge in [-0.15, -0.1) is 0 Å². The van der Waals surface area contributed by atoms with Gasteiger partial charge in [-0.3, -0.25) is 10.1 Å². The van der Waals surface area contributed by atoms with Gasteiger partial charge >= 0.3 is 5.69 Å². The Morgan fingerprint density at radius 2 is 2.22 bits per heavy atom. The van der Waals surface area contributed by atoms with Gasteiger partial charge in [0.25, 0.3) is 0 Å². The van der Waals surface area contributed by atoms with Crippen LogP contribution in [0.5, 0.6) is 0 Å². The second-order valence-electron chi connectivity index (χ2n) is 4.64. The molecular weight excluding hydrogens is 232 g/mol. The maximum absolute atomic E-state index is 10.9. The number of hydrogen-bond donors (Lipinski definition) is 1. The average molecular weight is 248 g/mol. The number of nitrogens with zero attached hydrogens (tertiary/aromatic N) is 3. The molecule has 1 unspecified atom stereocenters. The highest BCUT2D eigenvalue weighted by Gasteiger charge is 2.18. The maximum Gasteiger partial charge on any atom is 0.312 e. The van der Waals surface area contributed by atoms with Crippen molar-refractivity contribution < 1.29 is 4.92 Å². The van der Waals surface area contributed by atoms with Crippen LogP contribution in [-0.2, 0) is 0 Å². The molecule has 0 saturated heterocycles. The Kier molecular flexibility index (Phi) is 4.60. The van der Waals surface area contributed by atoms with E-state index in [1.165, 1.54) is 12.3 Å². The summed E-state index contributed by atoms with van der Waals surface area (Å²) in [5.41, 5.74) is 0.0217. The van der Waals surface area contributed by atoms with E-state index in [2.05, 4.69) is 24.1 Å². The molecule has 96 valence electrons. The molecule has 0 aliphatic carbocycles. The van der Waals surface area contributed by atoms with Crippen molar-refractivity contribution in [3.8, 4) is 6.07 Å². The van der Waals surface area contributed by atoms with Gasteiger partial charge in [0.15, 0.2) is 0 Å². The van der Waals surface area contributed by atoms with Gasteiger partial charge in [0, 0.05) is 18.3 Å². The van der Waals surface area contributed by atoms with Gasteiger partial charge in [0.2, 0.25) is 5.82 Å². The first kappa shape index (κ1) is 13.9. The van der Waals surface area contributed by atoms with Gasteiger partial charge in [-0.1, -0.05) is 13.8 Å². The van der Waals surface area contributed by atoms with E-state index in [9.17, 15) is 10.1 Å². The summed E-state index contributed by atoms with van der Waals surface area (Å²) in [6.45, 7) is 6.11. The average Bonchev–Trinajstić information content (AvgIpc) is 2.28. The highest BCUT2D eigenvalue weighted by molar-refractivity contribution is 5.58. The molecule has 0 fully saturated rings. The molecule has 0 radical (unpaired) electrons. The molecule has 6 nitrogen and oxygen atoms in total. The van der Waals surface area contributed by atoms with Crippen molar-refractivity contribution in [1.82, 2.24) is 4.98 Å². The van der Waals surface area contributed by atoms with Crippen LogP contribution in [0.15, 0.2) is 12.3 Å². The SMILES string of the molecule is CC(C)CC(C)Nc1ncc(C#N)cc1[N+](=O)[O-]. The van der Waals surface area contributed by atoms with E-state index >= 15 is 0 Å². The van der Waals surface area contributed by atoms with Gasteiger partial charge in [-0.2, -0.15) is 5.26 Å². The smallest absolute Gasteiger partial charge is 0.312 e. The van der Waals surface area contributed by atoms with Crippen molar-refractivity contribution in [1.29, 1.82) is 5.26 Å². The van der Waals surface area contributed by atoms with Crippen LogP contribution >= 0.6 is 0 Å². The largest absolute Gasteiger partial charge is 0.362 e. The first-order chi connectivity index (χ1) is 8.43. The Morgan fingerprint density at radius 1 is 1.56 bits per heavy atom. The van der Waals surface area contributed by atoms with Crippen molar-refractivity contribution in [2.75, 3.05) is 5.32 Å². The number of nitrogens with one attached hydrogen (secondary N) is 1. The van der Waals surface area contributed by atoms with E-state index in [0.29, 0.717) is 5.92 Å². The summed E-state index contributed by atoms with van der Waals surface area (Å²) < 4.78 is 0. The second-order valence-corrected chi connectivity index (χ2v) is 4.64. The second kappa shape index (κ2) is 5.96. The van der Waals surface area contributed by atoms with Gasteiger partial charge in [0.1, 0.15) is 6.07 Å². The summed E-state index contributed by atoms with van der Waals surface area (Å²) in [6, 6.07) is 3.16. The van der Waals surface area contributed by atoms with E-state index in [0.717, 1.165) is 6.42 Å². The van der Waals surface area contributed by atoms with E-state index in [4.69, 9.17) is 5.26 Å². The zero-order valence-corrected chi connectivity index (χ0v) is 10.7. The standard InChI is InChI=1S/C12H16N4O2/c1-8(2)4-9(3)15-12-11(16(17)18)5-10(6-13)7-14-12/h5,7-9H,4H2,1-3H3,(H,14,15). The predicted octanol–water partition coefficient (Wildman–Crippen LogP) is 2.71. The van der Waals surface area contributed by atoms with E-state index in [-0.39, 0.29) is 23.1 Å². The topological polar surface area (TPSA) is 91.8 Å². The predicted molar refractivity (Wildman–Crippen MR) is 68.1 cm³/mol. The molecule has 1 N–H and O–H groups in total. The van der Waals surface area contributed by atoms with Crippen LogP contribution in [0.25, 0.3) is 0 Å². The molecule has 6 heteroatoms. The Labute approximate surface area is 106 Å². The van der Waals surface area contributed by atoms with Crippen molar-refractivity contribution in [2.24, 2.45) is 5.92 Å². The number of rotatable bonds is 5. The minimum Gasteiger partial charge on any atom is -0.362 e. The summed E-state index contributed by atoms with van der Waals surface area (Å²) in [4.78, 5) is 14.3. The molecular formula is C12H16N4O2. The van der Waals surface area contributed by atoms with Crippen LogP contribution in [0.4, 0.5) is 11.5 Å². The van der Waals surface area contributed by atoms with Crippen molar-refractivity contribution in [2.45, 2.75) is 33.2 Å². The molecule has 0 bridgehead atoms. The lowest BCUT2D eigenvalue weighted by Crippen LogP contribution is -2.19. The molecule has 1 aromatic rings. The van der Waals surface area contributed by atoms with Crippen LogP contribution in [0, 0.1) is 27.4 Å². The van der Waals surface area contributed by atoms with E-state index in [1.54, 1.807) is 0 Å². The molecule has 0 aliphatic rings. The molecule has 0 spiro atoms. The van der Waals surface area contributed by atoms with Crippen LogP contribution in [-0.4, -0.2) is 15.9 Å². The molecule has 18 heavy (non-hydrogen) atoms. The Bertz CT molecular complexity index is 479. The fourth-order valence-electron chi connectivity index (χ4n) is 1.76. The maximum atomic E-state index is 10.9. The lowest BCUT2D eigenvalue weighted by Gasteiger charge is -2.16. The summed E-state index contributed by atoms with van der Waals surface area (Å²) in [7, 11) is 0. The number of nitriles is 1. The summed E-state index contributed by atoms with van der Waals surface area (Å²) in [5, 5.41) is 22.6. The fraction of sp³-hybridized carbons (Fsp3) is 0.500. The molecule has 1 heterocycles. The Hall–Kier alpha value is -2.16. The molecule has 0 amide bonds. The van der Waals surface area contributed by atoms with Crippen LogP contribution in [0.2, 0.25) is 0 Å². The van der Waals surface area contributed by atoms with E-state index in [1.807, 2.05) is 13.0 Å². The monoisotopic (exact) mass is 248 g/mol. The minimum absolute atomic E-state index is 0.0872. The number of nitro groups is 1. The highest BCUT2D eigenvalue weighted by atomic mass is 16.6. The molecule has 0 aliphatic heterocycles. The van der Waals surface area contributed by atoms with Gasteiger partial charge in [0.05, 0.1) is 10.5 Å². The quantitative estimate of drug-likeness (QED) is 0.638. The molecule has 0 saturated carbocycles. The van der Waals surface area contributed by atoms with Gasteiger partial charge < -0.3 is 5.32 Å². The number of pyridine rings is 1. The van der Waals surface area contributed by atoms with Crippen molar-refractivity contribution in [3.05, 3.63) is 27.9 Å². The lowest BCUT2D eigenvalue weighted by molar-refractivity contribution is -0.384. The van der Waals surface area contributed by atoms with Crippen LogP contribution < -0.4 is 5.32 Å².